The molecule has 0 atom stereocenters. The zero-order valence-corrected chi connectivity index (χ0v) is 11.7. The number of hydrogen-bond donors (Lipinski definition) is 0. The maximum absolute atomic E-state index is 5.20. The molecule has 0 unspecified atom stereocenters. The molecule has 0 saturated carbocycles. The monoisotopic (exact) mass is 255 g/mol. The second-order valence-corrected chi connectivity index (χ2v) is 5.09. The molecule has 0 amide bonds. The largest absolute Gasteiger partial charge is 0.497 e. The summed E-state index contributed by atoms with van der Waals surface area (Å²) in [7, 11) is 3.92. The summed E-state index contributed by atoms with van der Waals surface area (Å²) < 4.78 is 5.20. The van der Waals surface area contributed by atoms with Crippen LogP contribution in [0, 0.1) is 0 Å². The summed E-state index contributed by atoms with van der Waals surface area (Å²) >= 11 is 0. The molecular weight excluding hydrogens is 234 g/mol. The Bertz CT molecular complexity index is 342. The normalized spacial score (nSPS) is 19.5. The minimum atomic E-state index is 0. The highest BCUT2D eigenvalue weighted by molar-refractivity contribution is 5.85. The van der Waals surface area contributed by atoms with Crippen molar-refractivity contribution in [3.63, 3.8) is 0 Å². The molecular formula is C14H22ClNO. The highest BCUT2D eigenvalue weighted by atomic mass is 35.5. The van der Waals surface area contributed by atoms with Gasteiger partial charge in [-0.15, -0.1) is 12.4 Å². The second-order valence-electron chi connectivity index (χ2n) is 5.09. The number of hydrogen-bond acceptors (Lipinski definition) is 2. The van der Waals surface area contributed by atoms with Gasteiger partial charge in [-0.3, -0.25) is 0 Å². The van der Waals surface area contributed by atoms with Crippen molar-refractivity contribution in [3.8, 4) is 5.75 Å². The third kappa shape index (κ3) is 3.14. The number of methoxy groups -OCH3 is 1. The van der Waals surface area contributed by atoms with Gasteiger partial charge in [-0.2, -0.15) is 0 Å². The Kier molecular flexibility index (Phi) is 4.84. The van der Waals surface area contributed by atoms with Crippen molar-refractivity contribution in [2.75, 3.05) is 27.2 Å². The molecule has 0 bridgehead atoms. The number of likely N-dealkylation sites (tertiary alicyclic amines) is 1. The minimum absolute atomic E-state index is 0. The molecule has 0 spiro atoms. The van der Waals surface area contributed by atoms with Crippen LogP contribution in [-0.4, -0.2) is 32.1 Å². The van der Waals surface area contributed by atoms with Crippen LogP contribution in [0.2, 0.25) is 0 Å². The van der Waals surface area contributed by atoms with E-state index in [9.17, 15) is 0 Å². The molecule has 2 rings (SSSR count). The van der Waals surface area contributed by atoms with Gasteiger partial charge in [-0.25, -0.2) is 0 Å². The Morgan fingerprint density at radius 3 is 2.12 bits per heavy atom. The number of rotatable bonds is 2. The van der Waals surface area contributed by atoms with Gasteiger partial charge in [0.25, 0.3) is 0 Å². The molecule has 3 heteroatoms. The van der Waals surface area contributed by atoms with Crippen molar-refractivity contribution < 1.29 is 4.74 Å². The van der Waals surface area contributed by atoms with Crippen LogP contribution in [0.15, 0.2) is 24.3 Å². The second kappa shape index (κ2) is 5.74. The predicted molar refractivity (Wildman–Crippen MR) is 74.3 cm³/mol. The van der Waals surface area contributed by atoms with E-state index in [-0.39, 0.29) is 12.4 Å². The van der Waals surface area contributed by atoms with Gasteiger partial charge in [-0.1, -0.05) is 19.1 Å². The van der Waals surface area contributed by atoms with Crippen LogP contribution < -0.4 is 4.74 Å². The molecule has 1 aromatic carbocycles. The first-order valence-electron chi connectivity index (χ1n) is 5.97. The van der Waals surface area contributed by atoms with Crippen LogP contribution in [0.1, 0.15) is 25.3 Å². The van der Waals surface area contributed by atoms with Gasteiger partial charge >= 0.3 is 0 Å². The Morgan fingerprint density at radius 1 is 1.12 bits per heavy atom. The molecule has 2 nitrogen and oxygen atoms in total. The number of halogens is 1. The van der Waals surface area contributed by atoms with E-state index in [1.807, 2.05) is 0 Å². The number of piperidine rings is 1. The summed E-state index contributed by atoms with van der Waals surface area (Å²) in [6.45, 7) is 4.77. The fraction of sp³-hybridized carbons (Fsp3) is 0.571. The molecule has 17 heavy (non-hydrogen) atoms. The van der Waals surface area contributed by atoms with E-state index >= 15 is 0 Å². The zero-order chi connectivity index (χ0) is 11.6. The molecule has 0 aromatic heterocycles. The smallest absolute Gasteiger partial charge is 0.118 e. The van der Waals surface area contributed by atoms with E-state index in [4.69, 9.17) is 4.74 Å². The van der Waals surface area contributed by atoms with E-state index in [2.05, 4.69) is 43.1 Å². The van der Waals surface area contributed by atoms with E-state index in [0.717, 1.165) is 5.75 Å². The van der Waals surface area contributed by atoms with Gasteiger partial charge in [0.15, 0.2) is 0 Å². The standard InChI is InChI=1S/C14H21NO.ClH/c1-14(8-10-15(2)11-9-14)12-4-6-13(16-3)7-5-12;/h4-7H,8-11H2,1-3H3;1H. The maximum Gasteiger partial charge on any atom is 0.118 e. The molecule has 0 radical (unpaired) electrons. The Hall–Kier alpha value is -0.730. The lowest BCUT2D eigenvalue weighted by Gasteiger charge is -2.38. The number of ether oxygens (including phenoxy) is 1. The van der Waals surface area contributed by atoms with Crippen LogP contribution >= 0.6 is 12.4 Å². The van der Waals surface area contributed by atoms with Gasteiger partial charge in [0, 0.05) is 0 Å². The summed E-state index contributed by atoms with van der Waals surface area (Å²) in [5.74, 6) is 0.945. The zero-order valence-electron chi connectivity index (χ0n) is 10.9. The van der Waals surface area contributed by atoms with E-state index in [0.29, 0.717) is 5.41 Å². The van der Waals surface area contributed by atoms with E-state index in [1.165, 1.54) is 31.5 Å². The van der Waals surface area contributed by atoms with Crippen molar-refractivity contribution in [3.05, 3.63) is 29.8 Å². The molecule has 1 saturated heterocycles. The highest BCUT2D eigenvalue weighted by Gasteiger charge is 2.30. The number of benzene rings is 1. The predicted octanol–water partition coefficient (Wildman–Crippen LogP) is 3.10. The maximum atomic E-state index is 5.20. The minimum Gasteiger partial charge on any atom is -0.497 e. The molecule has 1 aromatic rings. The van der Waals surface area contributed by atoms with Crippen molar-refractivity contribution in [2.45, 2.75) is 25.2 Å². The third-order valence-electron chi connectivity index (χ3n) is 3.88. The quantitative estimate of drug-likeness (QED) is 0.805. The Morgan fingerprint density at radius 2 is 1.65 bits per heavy atom. The first-order valence-corrected chi connectivity index (χ1v) is 5.97. The van der Waals surface area contributed by atoms with Gasteiger partial charge in [0.1, 0.15) is 5.75 Å². The van der Waals surface area contributed by atoms with Gasteiger partial charge in [-0.05, 0) is 56.1 Å². The molecule has 1 aliphatic rings. The summed E-state index contributed by atoms with van der Waals surface area (Å²) in [5.41, 5.74) is 1.79. The van der Waals surface area contributed by atoms with Crippen LogP contribution in [0.25, 0.3) is 0 Å². The SMILES string of the molecule is COc1ccc(C2(C)CCN(C)CC2)cc1.Cl. The fourth-order valence-electron chi connectivity index (χ4n) is 2.39. The summed E-state index contributed by atoms with van der Waals surface area (Å²) in [6.07, 6.45) is 2.49. The summed E-state index contributed by atoms with van der Waals surface area (Å²) in [6, 6.07) is 8.56. The van der Waals surface area contributed by atoms with Crippen molar-refractivity contribution in [2.24, 2.45) is 0 Å². The van der Waals surface area contributed by atoms with E-state index < -0.39 is 0 Å². The summed E-state index contributed by atoms with van der Waals surface area (Å²) in [4.78, 5) is 2.41. The lowest BCUT2D eigenvalue weighted by molar-refractivity contribution is 0.200. The van der Waals surface area contributed by atoms with E-state index in [1.54, 1.807) is 7.11 Å². The molecule has 1 heterocycles. The average Bonchev–Trinajstić information content (AvgIpc) is 2.33. The molecule has 0 N–H and O–H groups in total. The van der Waals surface area contributed by atoms with Gasteiger partial charge < -0.3 is 9.64 Å². The van der Waals surface area contributed by atoms with Crippen molar-refractivity contribution >= 4 is 12.4 Å². The van der Waals surface area contributed by atoms with Crippen molar-refractivity contribution in [1.82, 2.24) is 4.90 Å². The highest BCUT2D eigenvalue weighted by Crippen LogP contribution is 2.35. The average molecular weight is 256 g/mol. The fourth-order valence-corrected chi connectivity index (χ4v) is 2.39. The van der Waals surface area contributed by atoms with Crippen LogP contribution in [-0.2, 0) is 5.41 Å². The molecule has 1 fully saturated rings. The molecule has 1 aliphatic heterocycles. The Balaban J connectivity index is 0.00000144. The molecule has 0 aliphatic carbocycles. The first kappa shape index (κ1) is 14.3. The Labute approximate surface area is 110 Å². The van der Waals surface area contributed by atoms with Crippen molar-refractivity contribution in [1.29, 1.82) is 0 Å². The third-order valence-corrected chi connectivity index (χ3v) is 3.88. The number of nitrogens with zero attached hydrogens (tertiary/aromatic N) is 1. The van der Waals surface area contributed by atoms with Crippen LogP contribution in [0.4, 0.5) is 0 Å². The summed E-state index contributed by atoms with van der Waals surface area (Å²) in [5, 5.41) is 0. The van der Waals surface area contributed by atoms with Crippen LogP contribution in [0.5, 0.6) is 5.75 Å². The topological polar surface area (TPSA) is 12.5 Å². The van der Waals surface area contributed by atoms with Gasteiger partial charge in [0.05, 0.1) is 7.11 Å². The first-order chi connectivity index (χ1) is 7.64. The lowest BCUT2D eigenvalue weighted by atomic mass is 9.75. The lowest BCUT2D eigenvalue weighted by Crippen LogP contribution is -2.38. The molecule has 96 valence electrons. The van der Waals surface area contributed by atoms with Crippen LogP contribution in [0.3, 0.4) is 0 Å². The van der Waals surface area contributed by atoms with Gasteiger partial charge in [0.2, 0.25) is 0 Å².